The quantitative estimate of drug-likeness (QED) is 0.432. The summed E-state index contributed by atoms with van der Waals surface area (Å²) < 4.78 is 16.6. The number of hydrogen-bond donors (Lipinski definition) is 2. The Labute approximate surface area is 218 Å². The summed E-state index contributed by atoms with van der Waals surface area (Å²) in [6.45, 7) is 0.0738. The van der Waals surface area contributed by atoms with Crippen LogP contribution in [0.3, 0.4) is 0 Å². The highest BCUT2D eigenvalue weighted by Crippen LogP contribution is 2.37. The molecule has 0 saturated carbocycles. The summed E-state index contributed by atoms with van der Waals surface area (Å²) in [6.07, 6.45) is 0.858. The Bertz CT molecular complexity index is 1450. The molecule has 0 radical (unpaired) electrons. The summed E-state index contributed by atoms with van der Waals surface area (Å²) in [5.41, 5.74) is 3.41. The van der Waals surface area contributed by atoms with Gasteiger partial charge in [-0.25, -0.2) is 9.59 Å². The highest BCUT2D eigenvalue weighted by molar-refractivity contribution is 6.31. The maximum Gasteiger partial charge on any atom is 0.338 e. The number of amides is 2. The Morgan fingerprint density at radius 3 is 2.73 bits per heavy atom. The van der Waals surface area contributed by atoms with Crippen LogP contribution in [0, 0.1) is 11.3 Å². The van der Waals surface area contributed by atoms with E-state index in [1.807, 2.05) is 18.2 Å². The number of nitrogens with zero attached hydrogens (tertiary/aromatic N) is 1. The van der Waals surface area contributed by atoms with E-state index < -0.39 is 18.0 Å². The molecule has 0 aromatic heterocycles. The van der Waals surface area contributed by atoms with Gasteiger partial charge in [-0.3, -0.25) is 0 Å². The van der Waals surface area contributed by atoms with Crippen LogP contribution in [0.1, 0.15) is 34.7 Å². The fraction of sp³-hybridized carbons (Fsp3) is 0.179. The number of nitrogens with one attached hydrogen (secondary N) is 2. The van der Waals surface area contributed by atoms with Crippen LogP contribution in [0.5, 0.6) is 11.5 Å². The van der Waals surface area contributed by atoms with E-state index in [0.29, 0.717) is 51.8 Å². The molecule has 1 unspecified atom stereocenters. The van der Waals surface area contributed by atoms with Crippen molar-refractivity contribution in [1.82, 2.24) is 10.6 Å². The number of nitriles is 1. The van der Waals surface area contributed by atoms with Crippen molar-refractivity contribution in [3.63, 3.8) is 0 Å². The Hall–Kier alpha value is -4.48. The molecule has 186 valence electrons. The van der Waals surface area contributed by atoms with Crippen LogP contribution in [-0.4, -0.2) is 18.8 Å². The van der Waals surface area contributed by atoms with Crippen molar-refractivity contribution in [1.29, 1.82) is 5.26 Å². The van der Waals surface area contributed by atoms with E-state index in [2.05, 4.69) is 16.7 Å². The van der Waals surface area contributed by atoms with Gasteiger partial charge in [0.1, 0.15) is 6.61 Å². The molecular weight excluding hydrogens is 494 g/mol. The fourth-order valence-electron chi connectivity index (χ4n) is 4.32. The first-order chi connectivity index (χ1) is 18.0. The minimum Gasteiger partial charge on any atom is -0.457 e. The molecular formula is C28H22ClN3O5. The molecule has 37 heavy (non-hydrogen) atoms. The lowest BCUT2D eigenvalue weighted by Gasteiger charge is -2.29. The van der Waals surface area contributed by atoms with E-state index in [9.17, 15) is 9.59 Å². The molecule has 5 rings (SSSR count). The van der Waals surface area contributed by atoms with Gasteiger partial charge in [0, 0.05) is 10.7 Å². The summed E-state index contributed by atoms with van der Waals surface area (Å²) >= 11 is 6.33. The zero-order valence-electron chi connectivity index (χ0n) is 19.6. The summed E-state index contributed by atoms with van der Waals surface area (Å²) in [7, 11) is 0. The Balaban J connectivity index is 1.48. The Kier molecular flexibility index (Phi) is 6.97. The molecule has 3 aromatic rings. The number of esters is 1. The number of aryl methyl sites for hydroxylation is 1. The van der Waals surface area contributed by atoms with E-state index >= 15 is 0 Å². The third-order valence-electron chi connectivity index (χ3n) is 6.13. The molecule has 1 atom stereocenters. The van der Waals surface area contributed by atoms with Crippen LogP contribution in [0.2, 0.25) is 5.02 Å². The average Bonchev–Trinajstić information content (AvgIpc) is 3.39. The first kappa shape index (κ1) is 24.2. The minimum absolute atomic E-state index is 0.0303. The number of fused-ring (bicyclic) bond motifs is 1. The first-order valence-corrected chi connectivity index (χ1v) is 12.0. The molecule has 0 fully saturated rings. The number of ether oxygens (including phenoxy) is 3. The normalized spacial score (nSPS) is 16.0. The van der Waals surface area contributed by atoms with Gasteiger partial charge >= 0.3 is 12.0 Å². The number of halogens is 1. The number of carbonyl (C=O) groups is 2. The molecule has 2 N–H and O–H groups in total. The summed E-state index contributed by atoms with van der Waals surface area (Å²) in [5, 5.41) is 15.4. The monoisotopic (exact) mass is 515 g/mol. The summed E-state index contributed by atoms with van der Waals surface area (Å²) in [5.74, 6) is 0.532. The van der Waals surface area contributed by atoms with Gasteiger partial charge in [0.2, 0.25) is 6.79 Å². The summed E-state index contributed by atoms with van der Waals surface area (Å²) in [6, 6.07) is 20.4. The molecule has 2 heterocycles. The van der Waals surface area contributed by atoms with Crippen molar-refractivity contribution in [2.24, 2.45) is 0 Å². The van der Waals surface area contributed by atoms with Crippen molar-refractivity contribution in [2.75, 3.05) is 6.79 Å². The van der Waals surface area contributed by atoms with Gasteiger partial charge in [0.25, 0.3) is 0 Å². The van der Waals surface area contributed by atoms with E-state index in [1.54, 1.807) is 48.5 Å². The molecule has 8 nitrogen and oxygen atoms in total. The van der Waals surface area contributed by atoms with Crippen LogP contribution in [0.15, 0.2) is 78.0 Å². The molecule has 0 bridgehead atoms. The number of carbonyl (C=O) groups excluding carboxylic acids is 2. The van der Waals surface area contributed by atoms with Crippen molar-refractivity contribution in [2.45, 2.75) is 25.5 Å². The summed E-state index contributed by atoms with van der Waals surface area (Å²) in [4.78, 5) is 26.2. The third kappa shape index (κ3) is 5.37. The van der Waals surface area contributed by atoms with E-state index in [0.717, 1.165) is 5.56 Å². The molecule has 2 amide bonds. The molecule has 2 aliphatic heterocycles. The number of rotatable bonds is 7. The lowest BCUT2D eigenvalue weighted by atomic mass is 9.92. The largest absolute Gasteiger partial charge is 0.457 e. The predicted molar refractivity (Wildman–Crippen MR) is 135 cm³/mol. The molecule has 2 aliphatic rings. The van der Waals surface area contributed by atoms with E-state index in [4.69, 9.17) is 31.1 Å². The lowest BCUT2D eigenvalue weighted by molar-refractivity contribution is -0.140. The van der Waals surface area contributed by atoms with Crippen LogP contribution < -0.4 is 20.1 Å². The predicted octanol–water partition coefficient (Wildman–Crippen LogP) is 4.92. The van der Waals surface area contributed by atoms with Crippen LogP contribution in [-0.2, 0) is 22.6 Å². The zero-order chi connectivity index (χ0) is 25.8. The maximum absolute atomic E-state index is 13.5. The highest BCUT2D eigenvalue weighted by Gasteiger charge is 2.34. The molecule has 0 spiro atoms. The van der Waals surface area contributed by atoms with Crippen LogP contribution in [0.4, 0.5) is 4.79 Å². The highest BCUT2D eigenvalue weighted by atomic mass is 35.5. The van der Waals surface area contributed by atoms with Crippen LogP contribution >= 0.6 is 11.6 Å². The van der Waals surface area contributed by atoms with E-state index in [-0.39, 0.29) is 19.0 Å². The third-order valence-corrected chi connectivity index (χ3v) is 6.50. The molecule has 9 heteroatoms. The smallest absolute Gasteiger partial charge is 0.338 e. The number of urea groups is 1. The average molecular weight is 516 g/mol. The molecule has 0 saturated heterocycles. The topological polar surface area (TPSA) is 110 Å². The van der Waals surface area contributed by atoms with Crippen LogP contribution in [0.25, 0.3) is 0 Å². The van der Waals surface area contributed by atoms with Gasteiger partial charge in [-0.1, -0.05) is 48.0 Å². The fourth-order valence-corrected chi connectivity index (χ4v) is 4.55. The van der Waals surface area contributed by atoms with Crippen molar-refractivity contribution in [3.05, 3.63) is 105 Å². The number of benzene rings is 3. The second-order valence-electron chi connectivity index (χ2n) is 8.52. The van der Waals surface area contributed by atoms with E-state index in [1.165, 1.54) is 0 Å². The minimum atomic E-state index is -0.776. The van der Waals surface area contributed by atoms with Gasteiger partial charge in [-0.05, 0) is 59.9 Å². The SMILES string of the molecule is N#Cc1cccc(COC(=O)C2=C(CCc3ccccc3Cl)NC(=O)NC2c2ccc3c(c2)OCO3)c1. The van der Waals surface area contributed by atoms with Crippen molar-refractivity contribution < 1.29 is 23.8 Å². The van der Waals surface area contributed by atoms with Gasteiger partial charge < -0.3 is 24.8 Å². The van der Waals surface area contributed by atoms with Gasteiger partial charge in [-0.15, -0.1) is 0 Å². The van der Waals surface area contributed by atoms with Crippen molar-refractivity contribution >= 4 is 23.6 Å². The van der Waals surface area contributed by atoms with Crippen molar-refractivity contribution in [3.8, 4) is 17.6 Å². The van der Waals surface area contributed by atoms with Gasteiger partial charge in [0.05, 0.1) is 23.2 Å². The lowest BCUT2D eigenvalue weighted by Crippen LogP contribution is -2.46. The second kappa shape index (κ2) is 10.6. The van der Waals surface area contributed by atoms with Gasteiger partial charge in [0.15, 0.2) is 11.5 Å². The molecule has 3 aromatic carbocycles. The zero-order valence-corrected chi connectivity index (χ0v) is 20.4. The Morgan fingerprint density at radius 2 is 1.89 bits per heavy atom. The standard InChI is InChI=1S/C28H22ClN3O5/c29-21-7-2-1-6-19(21)8-10-22-25(27(33)35-15-18-5-3-4-17(12-18)14-30)26(32-28(34)31-22)20-9-11-23-24(13-20)37-16-36-23/h1-7,9,11-13,26H,8,10,15-16H2,(H2,31,32,34). The van der Waals surface area contributed by atoms with Gasteiger partial charge in [-0.2, -0.15) is 5.26 Å². The maximum atomic E-state index is 13.5. The first-order valence-electron chi connectivity index (χ1n) is 11.6. The second-order valence-corrected chi connectivity index (χ2v) is 8.92. The number of hydrogen-bond acceptors (Lipinski definition) is 6. The number of allylic oxidation sites excluding steroid dienone is 1. The molecule has 0 aliphatic carbocycles. The Morgan fingerprint density at radius 1 is 1.05 bits per heavy atom.